The second kappa shape index (κ2) is 8.98. The molecular formula is C21H16F6N6Pt+2. The number of rotatable bonds is 4. The van der Waals surface area contributed by atoms with Gasteiger partial charge in [0.1, 0.15) is 22.5 Å². The van der Waals surface area contributed by atoms with Crippen molar-refractivity contribution in [1.29, 1.82) is 0 Å². The summed E-state index contributed by atoms with van der Waals surface area (Å²) in [5.74, 6) is 0. The summed E-state index contributed by atoms with van der Waals surface area (Å²) in [4.78, 5) is 8.58. The number of hydrogen-bond donors (Lipinski definition) is 2. The Morgan fingerprint density at radius 2 is 1.06 bits per heavy atom. The van der Waals surface area contributed by atoms with Gasteiger partial charge in [-0.2, -0.15) is 36.5 Å². The van der Waals surface area contributed by atoms with Crippen LogP contribution >= 0.6 is 0 Å². The van der Waals surface area contributed by atoms with E-state index in [1.807, 2.05) is 0 Å². The fourth-order valence-electron chi connectivity index (χ4n) is 3.72. The molecular weight excluding hydrogens is 645 g/mol. The molecule has 180 valence electrons. The number of aromatic amines is 2. The third-order valence-corrected chi connectivity index (χ3v) is 5.20. The Morgan fingerprint density at radius 1 is 0.676 bits per heavy atom. The number of aromatic nitrogens is 6. The SMILES string of the molecule is CC(C)(c1ncccc1-c1n[nH]cc1C(F)(F)F)c1ncccc1-c1n[nH]cc1C(F)(F)F.[Pt+2]. The Hall–Kier alpha value is -3.01. The molecule has 0 aromatic carbocycles. The molecule has 0 radical (unpaired) electrons. The van der Waals surface area contributed by atoms with Gasteiger partial charge in [0.05, 0.1) is 16.8 Å². The van der Waals surface area contributed by atoms with Crippen molar-refractivity contribution in [2.24, 2.45) is 0 Å². The van der Waals surface area contributed by atoms with E-state index in [4.69, 9.17) is 0 Å². The first-order valence-electron chi connectivity index (χ1n) is 9.56. The molecule has 0 fully saturated rings. The summed E-state index contributed by atoms with van der Waals surface area (Å²) >= 11 is 0. The van der Waals surface area contributed by atoms with E-state index < -0.39 is 28.9 Å². The van der Waals surface area contributed by atoms with Crippen molar-refractivity contribution in [1.82, 2.24) is 30.4 Å². The van der Waals surface area contributed by atoms with Gasteiger partial charge in [0.25, 0.3) is 0 Å². The fraction of sp³-hybridized carbons (Fsp3) is 0.238. The summed E-state index contributed by atoms with van der Waals surface area (Å²) in [6.45, 7) is 3.23. The van der Waals surface area contributed by atoms with Crippen LogP contribution in [-0.4, -0.2) is 30.4 Å². The minimum absolute atomic E-state index is 0. The fourth-order valence-corrected chi connectivity index (χ4v) is 3.72. The van der Waals surface area contributed by atoms with Crippen LogP contribution in [0, 0.1) is 0 Å². The zero-order chi connectivity index (χ0) is 24.0. The van der Waals surface area contributed by atoms with Crippen LogP contribution < -0.4 is 0 Å². The molecule has 4 heterocycles. The Morgan fingerprint density at radius 3 is 1.41 bits per heavy atom. The van der Waals surface area contributed by atoms with Crippen LogP contribution in [0.5, 0.6) is 0 Å². The van der Waals surface area contributed by atoms with Gasteiger partial charge in [0, 0.05) is 35.9 Å². The van der Waals surface area contributed by atoms with Gasteiger partial charge in [-0.05, 0) is 38.1 Å². The summed E-state index contributed by atoms with van der Waals surface area (Å²) in [5.41, 5.74) is -3.47. The Balaban J connectivity index is 0.00000324. The van der Waals surface area contributed by atoms with Gasteiger partial charge in [0.2, 0.25) is 0 Å². The van der Waals surface area contributed by atoms with E-state index in [9.17, 15) is 26.3 Å². The average molecular weight is 661 g/mol. The summed E-state index contributed by atoms with van der Waals surface area (Å²) < 4.78 is 81.1. The molecule has 0 aliphatic heterocycles. The van der Waals surface area contributed by atoms with Crippen molar-refractivity contribution in [3.05, 3.63) is 71.6 Å². The number of H-pyrrole nitrogens is 2. The van der Waals surface area contributed by atoms with Crippen LogP contribution in [-0.2, 0) is 38.8 Å². The number of alkyl halides is 6. The van der Waals surface area contributed by atoms with E-state index in [-0.39, 0.29) is 55.0 Å². The molecule has 6 nitrogen and oxygen atoms in total. The van der Waals surface area contributed by atoms with Crippen LogP contribution in [0.4, 0.5) is 26.3 Å². The molecule has 0 saturated heterocycles. The average Bonchev–Trinajstić information content (AvgIpc) is 3.43. The Bertz CT molecular complexity index is 1190. The molecule has 2 N–H and O–H groups in total. The number of nitrogens with one attached hydrogen (secondary N) is 2. The third-order valence-electron chi connectivity index (χ3n) is 5.20. The van der Waals surface area contributed by atoms with Crippen LogP contribution in [0.25, 0.3) is 22.5 Å². The van der Waals surface area contributed by atoms with Crippen molar-refractivity contribution in [2.75, 3.05) is 0 Å². The van der Waals surface area contributed by atoms with Crippen LogP contribution in [0.2, 0.25) is 0 Å². The molecule has 4 aromatic heterocycles. The second-order valence-electron chi connectivity index (χ2n) is 7.71. The first-order valence-corrected chi connectivity index (χ1v) is 9.56. The molecule has 0 unspecified atom stereocenters. The minimum Gasteiger partial charge on any atom is -0.284 e. The minimum atomic E-state index is -4.67. The van der Waals surface area contributed by atoms with Crippen molar-refractivity contribution >= 4 is 0 Å². The van der Waals surface area contributed by atoms with Gasteiger partial charge in [-0.25, -0.2) is 0 Å². The number of pyridine rings is 2. The molecule has 13 heteroatoms. The van der Waals surface area contributed by atoms with Gasteiger partial charge in [-0.3, -0.25) is 20.2 Å². The maximum Gasteiger partial charge on any atom is 2.00 e. The zero-order valence-corrected chi connectivity index (χ0v) is 19.8. The van der Waals surface area contributed by atoms with Gasteiger partial charge < -0.3 is 0 Å². The zero-order valence-electron chi connectivity index (χ0n) is 17.5. The molecule has 34 heavy (non-hydrogen) atoms. The van der Waals surface area contributed by atoms with Gasteiger partial charge in [-0.15, -0.1) is 0 Å². The van der Waals surface area contributed by atoms with Crippen LogP contribution in [0.1, 0.15) is 36.4 Å². The summed E-state index contributed by atoms with van der Waals surface area (Å²) in [6, 6.07) is 5.76. The summed E-state index contributed by atoms with van der Waals surface area (Å²) in [6.07, 6.45) is -5.09. The summed E-state index contributed by atoms with van der Waals surface area (Å²) in [5, 5.41) is 12.0. The van der Waals surface area contributed by atoms with Crippen molar-refractivity contribution in [3.63, 3.8) is 0 Å². The molecule has 0 saturated carbocycles. The first-order chi connectivity index (χ1) is 15.4. The van der Waals surface area contributed by atoms with Crippen molar-refractivity contribution < 1.29 is 47.4 Å². The smallest absolute Gasteiger partial charge is 0.284 e. The second-order valence-corrected chi connectivity index (χ2v) is 7.71. The quantitative estimate of drug-likeness (QED) is 0.279. The summed E-state index contributed by atoms with van der Waals surface area (Å²) in [7, 11) is 0. The monoisotopic (exact) mass is 661 g/mol. The molecule has 0 atom stereocenters. The van der Waals surface area contributed by atoms with E-state index in [1.54, 1.807) is 13.8 Å². The van der Waals surface area contributed by atoms with Crippen LogP contribution in [0.3, 0.4) is 0 Å². The maximum atomic E-state index is 13.5. The number of halogens is 6. The van der Waals surface area contributed by atoms with Gasteiger partial charge in [0.15, 0.2) is 0 Å². The van der Waals surface area contributed by atoms with E-state index in [2.05, 4.69) is 30.4 Å². The molecule has 4 aromatic rings. The number of nitrogens with zero attached hydrogens (tertiary/aromatic N) is 4. The Labute approximate surface area is 203 Å². The molecule has 0 spiro atoms. The van der Waals surface area contributed by atoms with Crippen molar-refractivity contribution in [3.8, 4) is 22.5 Å². The molecule has 0 bridgehead atoms. The first kappa shape index (κ1) is 25.6. The van der Waals surface area contributed by atoms with Crippen LogP contribution in [0.15, 0.2) is 49.1 Å². The predicted molar refractivity (Wildman–Crippen MR) is 106 cm³/mol. The molecule has 0 aliphatic rings. The van der Waals surface area contributed by atoms with Gasteiger partial charge >= 0.3 is 33.4 Å². The molecule has 0 aliphatic carbocycles. The van der Waals surface area contributed by atoms with E-state index >= 15 is 0 Å². The third kappa shape index (κ3) is 4.51. The molecule has 4 rings (SSSR count). The van der Waals surface area contributed by atoms with Crippen molar-refractivity contribution in [2.45, 2.75) is 31.6 Å². The predicted octanol–water partition coefficient (Wildman–Crippen LogP) is 5.62. The van der Waals surface area contributed by atoms with Gasteiger partial charge in [-0.1, -0.05) is 0 Å². The van der Waals surface area contributed by atoms with E-state index in [1.165, 1.54) is 36.7 Å². The Kier molecular flexibility index (Phi) is 6.76. The largest absolute Gasteiger partial charge is 2.00 e. The van der Waals surface area contributed by atoms with E-state index in [0.29, 0.717) is 0 Å². The maximum absolute atomic E-state index is 13.5. The molecule has 0 amide bonds. The topological polar surface area (TPSA) is 83.1 Å². The number of hydrogen-bond acceptors (Lipinski definition) is 4. The standard InChI is InChI=1S/C21H16F6N6.Pt/c1-19(2,17-11(5-3-7-28-17)15-13(9-30-32-15)20(22,23)24)18-12(6-4-8-29-18)16-14(10-31-33-16)21(25,26)27;/h3-10H,1-2H3,(H,30,32)(H,31,33);/q;+2. The van der Waals surface area contributed by atoms with E-state index in [0.717, 1.165) is 12.4 Å². The normalized spacial score (nSPS) is 12.5.